The number of cyclic esters (lactones) is 1. The van der Waals surface area contributed by atoms with Gasteiger partial charge in [0.2, 0.25) is 5.90 Å². The van der Waals surface area contributed by atoms with Crippen molar-refractivity contribution in [2.45, 2.75) is 0 Å². The highest BCUT2D eigenvalue weighted by Crippen LogP contribution is 2.39. The molecule has 4 aromatic rings. The first-order chi connectivity index (χ1) is 17.7. The molecule has 2 heterocycles. The second-order valence-electron chi connectivity index (χ2n) is 7.60. The number of non-ortho nitro benzene ring substituents is 1. The summed E-state index contributed by atoms with van der Waals surface area (Å²) in [5, 5.41) is 12.4. The van der Waals surface area contributed by atoms with E-state index < -0.39 is 16.9 Å². The molecular formula is C25H11BrCl2N2O6S. The lowest BCUT2D eigenvalue weighted by Crippen LogP contribution is -2.09. The van der Waals surface area contributed by atoms with Gasteiger partial charge >= 0.3 is 11.9 Å². The largest absolute Gasteiger partial charge is 0.422 e. The number of ether oxygens (including phenoxy) is 2. The Balaban J connectivity index is 1.49. The number of benzene rings is 3. The van der Waals surface area contributed by atoms with Crippen LogP contribution in [0.5, 0.6) is 5.75 Å². The minimum absolute atomic E-state index is 0.0280. The molecule has 1 aromatic heterocycles. The van der Waals surface area contributed by atoms with Gasteiger partial charge in [0, 0.05) is 37.3 Å². The lowest BCUT2D eigenvalue weighted by atomic mass is 10.1. The van der Waals surface area contributed by atoms with Crippen molar-refractivity contribution in [3.8, 4) is 5.75 Å². The molecule has 0 radical (unpaired) electrons. The Morgan fingerprint density at radius 2 is 1.86 bits per heavy atom. The van der Waals surface area contributed by atoms with Gasteiger partial charge in [0.25, 0.3) is 5.69 Å². The maximum absolute atomic E-state index is 12.6. The van der Waals surface area contributed by atoms with Gasteiger partial charge in [-0.15, -0.1) is 11.3 Å². The van der Waals surface area contributed by atoms with E-state index in [4.69, 9.17) is 32.7 Å². The fourth-order valence-electron chi connectivity index (χ4n) is 3.43. The first-order valence-corrected chi connectivity index (χ1v) is 12.7. The molecule has 3 aromatic carbocycles. The lowest BCUT2D eigenvalue weighted by molar-refractivity contribution is -0.384. The van der Waals surface area contributed by atoms with Gasteiger partial charge in [0.15, 0.2) is 5.70 Å². The zero-order chi connectivity index (χ0) is 26.3. The molecule has 1 aliphatic heterocycles. The summed E-state index contributed by atoms with van der Waals surface area (Å²) >= 11 is 16.8. The maximum atomic E-state index is 12.6. The number of nitro groups is 1. The first-order valence-electron chi connectivity index (χ1n) is 10.4. The molecule has 5 rings (SSSR count). The fraction of sp³-hybridized carbons (Fsp3) is 0. The van der Waals surface area contributed by atoms with E-state index in [9.17, 15) is 19.7 Å². The standard InChI is InChI=1S/C25H11BrCl2N2O6S/c26-14-3-8-19(35-24(31)12-1-4-15(27)5-2-12)13(9-14)10-18-25(32)36-23(29-18)22-21(28)17-7-6-16(30(33)34)11-20(17)37-22/h1-11H/b18-10+. The third-order valence-corrected chi connectivity index (χ3v) is 7.58. The average Bonchev–Trinajstić information content (AvgIpc) is 3.39. The maximum Gasteiger partial charge on any atom is 0.363 e. The van der Waals surface area contributed by atoms with Crippen molar-refractivity contribution in [1.82, 2.24) is 0 Å². The third kappa shape index (κ3) is 5.14. The summed E-state index contributed by atoms with van der Waals surface area (Å²) < 4.78 is 12.1. The van der Waals surface area contributed by atoms with Gasteiger partial charge in [-0.3, -0.25) is 10.1 Å². The van der Waals surface area contributed by atoms with E-state index in [1.807, 2.05) is 0 Å². The number of fused-ring (bicyclic) bond motifs is 1. The molecule has 12 heteroatoms. The molecule has 0 spiro atoms. The Morgan fingerprint density at radius 3 is 2.59 bits per heavy atom. The van der Waals surface area contributed by atoms with Crippen molar-refractivity contribution in [2.24, 2.45) is 4.99 Å². The van der Waals surface area contributed by atoms with Crippen molar-refractivity contribution in [3.05, 3.63) is 107 Å². The topological polar surface area (TPSA) is 108 Å². The van der Waals surface area contributed by atoms with Crippen molar-refractivity contribution in [3.63, 3.8) is 0 Å². The predicted molar refractivity (Wildman–Crippen MR) is 145 cm³/mol. The van der Waals surface area contributed by atoms with Crippen LogP contribution in [0.2, 0.25) is 10.0 Å². The number of nitro benzene ring substituents is 1. The second kappa shape index (κ2) is 10.1. The minimum Gasteiger partial charge on any atom is -0.422 e. The summed E-state index contributed by atoms with van der Waals surface area (Å²) in [6, 6.07) is 15.4. The van der Waals surface area contributed by atoms with Crippen LogP contribution in [0, 0.1) is 10.1 Å². The second-order valence-corrected chi connectivity index (χ2v) is 10.4. The van der Waals surface area contributed by atoms with Gasteiger partial charge in [0.1, 0.15) is 10.6 Å². The van der Waals surface area contributed by atoms with Crippen molar-refractivity contribution in [2.75, 3.05) is 0 Å². The number of hydrogen-bond donors (Lipinski definition) is 0. The van der Waals surface area contributed by atoms with Gasteiger partial charge in [-0.2, -0.15) is 0 Å². The van der Waals surface area contributed by atoms with Crippen LogP contribution in [0.4, 0.5) is 5.69 Å². The molecule has 1 aliphatic rings. The number of esters is 2. The van der Waals surface area contributed by atoms with Crippen LogP contribution in [-0.2, 0) is 9.53 Å². The Morgan fingerprint density at radius 1 is 1.11 bits per heavy atom. The number of halogens is 3. The summed E-state index contributed by atoms with van der Waals surface area (Å²) in [6.45, 7) is 0. The smallest absolute Gasteiger partial charge is 0.363 e. The fourth-order valence-corrected chi connectivity index (χ4v) is 5.40. The van der Waals surface area contributed by atoms with Crippen LogP contribution in [0.1, 0.15) is 20.8 Å². The number of rotatable bonds is 5. The zero-order valence-corrected chi connectivity index (χ0v) is 22.2. The molecule has 0 saturated heterocycles. The van der Waals surface area contributed by atoms with Crippen LogP contribution < -0.4 is 4.74 Å². The van der Waals surface area contributed by atoms with Crippen molar-refractivity contribution >= 4 is 90.2 Å². The summed E-state index contributed by atoms with van der Waals surface area (Å²) in [5.74, 6) is -1.17. The molecule has 0 aliphatic carbocycles. The highest BCUT2D eigenvalue weighted by Gasteiger charge is 2.29. The van der Waals surface area contributed by atoms with E-state index in [0.29, 0.717) is 35.6 Å². The Hall–Kier alpha value is -3.57. The average molecular weight is 618 g/mol. The van der Waals surface area contributed by atoms with E-state index in [-0.39, 0.29) is 28.1 Å². The number of carbonyl (C=O) groups excluding carboxylic acids is 2. The molecule has 0 amide bonds. The van der Waals surface area contributed by atoms with E-state index in [1.54, 1.807) is 30.3 Å². The summed E-state index contributed by atoms with van der Waals surface area (Å²) in [5.41, 5.74) is 0.562. The number of hydrogen-bond acceptors (Lipinski definition) is 8. The quantitative estimate of drug-likeness (QED) is 0.0757. The van der Waals surface area contributed by atoms with Crippen LogP contribution in [0.3, 0.4) is 0 Å². The summed E-state index contributed by atoms with van der Waals surface area (Å²) in [4.78, 5) is 40.5. The molecular weight excluding hydrogens is 607 g/mol. The molecule has 0 unspecified atom stereocenters. The first kappa shape index (κ1) is 25.1. The Labute approximate surface area is 231 Å². The third-order valence-electron chi connectivity index (χ3n) is 5.19. The molecule has 0 fully saturated rings. The molecule has 8 nitrogen and oxygen atoms in total. The summed E-state index contributed by atoms with van der Waals surface area (Å²) in [6.07, 6.45) is 1.43. The number of thiophene rings is 1. The monoisotopic (exact) mass is 616 g/mol. The van der Waals surface area contributed by atoms with Crippen LogP contribution in [0.15, 0.2) is 75.8 Å². The van der Waals surface area contributed by atoms with Crippen molar-refractivity contribution in [1.29, 1.82) is 0 Å². The van der Waals surface area contributed by atoms with Crippen LogP contribution in [0.25, 0.3) is 16.2 Å². The lowest BCUT2D eigenvalue weighted by Gasteiger charge is -2.08. The molecule has 0 N–H and O–H groups in total. The number of aliphatic imine (C=N–C) groups is 1. The number of carbonyl (C=O) groups is 2. The molecule has 0 bridgehead atoms. The SMILES string of the molecule is O=C1OC(c2sc3cc([N+](=O)[O-])ccc3c2Cl)=N/C1=C/c1cc(Br)ccc1OC(=O)c1ccc(Cl)cc1. The Bertz CT molecular complexity index is 1680. The minimum atomic E-state index is -0.732. The van der Waals surface area contributed by atoms with Gasteiger partial charge in [-0.05, 0) is 54.6 Å². The van der Waals surface area contributed by atoms with Gasteiger partial charge in [-0.1, -0.05) is 39.1 Å². The Kier molecular flexibility index (Phi) is 6.82. The van der Waals surface area contributed by atoms with Crippen molar-refractivity contribution < 1.29 is 24.0 Å². The highest BCUT2D eigenvalue weighted by molar-refractivity contribution is 9.10. The van der Waals surface area contributed by atoms with Crippen LogP contribution in [-0.4, -0.2) is 22.8 Å². The van der Waals surface area contributed by atoms with E-state index >= 15 is 0 Å². The molecule has 184 valence electrons. The molecule has 0 atom stereocenters. The van der Waals surface area contributed by atoms with E-state index in [0.717, 1.165) is 11.3 Å². The van der Waals surface area contributed by atoms with Gasteiger partial charge in [-0.25, -0.2) is 14.6 Å². The zero-order valence-electron chi connectivity index (χ0n) is 18.2. The predicted octanol–water partition coefficient (Wildman–Crippen LogP) is 7.44. The van der Waals surface area contributed by atoms with Gasteiger partial charge in [0.05, 0.1) is 15.5 Å². The summed E-state index contributed by atoms with van der Waals surface area (Å²) in [7, 11) is 0. The van der Waals surface area contributed by atoms with Gasteiger partial charge < -0.3 is 9.47 Å². The van der Waals surface area contributed by atoms with E-state index in [1.165, 1.54) is 36.4 Å². The number of nitrogens with zero attached hydrogens (tertiary/aromatic N) is 2. The van der Waals surface area contributed by atoms with Crippen LogP contribution >= 0.6 is 50.5 Å². The normalized spacial score (nSPS) is 14.1. The van der Waals surface area contributed by atoms with E-state index in [2.05, 4.69) is 20.9 Å². The molecule has 0 saturated carbocycles. The molecule has 37 heavy (non-hydrogen) atoms. The highest BCUT2D eigenvalue weighted by atomic mass is 79.9.